The van der Waals surface area contributed by atoms with E-state index >= 15 is 0 Å². The van der Waals surface area contributed by atoms with Crippen LogP contribution in [-0.2, 0) is 11.3 Å². The molecule has 3 rings (SSSR count). The summed E-state index contributed by atoms with van der Waals surface area (Å²) in [5, 5.41) is 3.15. The molecule has 0 bridgehead atoms. The number of aryl methyl sites for hydroxylation is 1. The van der Waals surface area contributed by atoms with Gasteiger partial charge in [0.15, 0.2) is 0 Å². The fraction of sp³-hybridized carbons (Fsp3) is 0.450. The summed E-state index contributed by atoms with van der Waals surface area (Å²) in [7, 11) is 0. The zero-order valence-corrected chi connectivity index (χ0v) is 15.0. The van der Waals surface area contributed by atoms with E-state index in [-0.39, 0.29) is 18.1 Å². The van der Waals surface area contributed by atoms with Crippen LogP contribution in [0.4, 0.5) is 0 Å². The smallest absolute Gasteiger partial charge is 0.253 e. The van der Waals surface area contributed by atoms with E-state index in [1.165, 1.54) is 5.56 Å². The van der Waals surface area contributed by atoms with Crippen LogP contribution in [0.3, 0.4) is 0 Å². The highest BCUT2D eigenvalue weighted by Gasteiger charge is 2.28. The largest absolute Gasteiger partial charge is 0.373 e. The second-order valence-corrected chi connectivity index (χ2v) is 6.63. The number of morpholine rings is 1. The summed E-state index contributed by atoms with van der Waals surface area (Å²) in [6.45, 7) is 7.38. The molecule has 134 valence electrons. The van der Waals surface area contributed by atoms with Gasteiger partial charge >= 0.3 is 0 Å². The van der Waals surface area contributed by atoms with Crippen LogP contribution in [0, 0.1) is 6.92 Å². The van der Waals surface area contributed by atoms with E-state index < -0.39 is 0 Å². The number of nitrogens with one attached hydrogen (secondary N) is 2. The Morgan fingerprint density at radius 2 is 2.16 bits per heavy atom. The van der Waals surface area contributed by atoms with E-state index in [0.717, 1.165) is 31.7 Å². The number of rotatable bonds is 6. The number of benzene rings is 1. The fourth-order valence-electron chi connectivity index (χ4n) is 3.36. The average molecular weight is 341 g/mol. The van der Waals surface area contributed by atoms with Crippen molar-refractivity contribution in [2.45, 2.75) is 39.0 Å². The van der Waals surface area contributed by atoms with Crippen LogP contribution in [0.15, 0.2) is 42.6 Å². The van der Waals surface area contributed by atoms with Crippen molar-refractivity contribution in [1.29, 1.82) is 0 Å². The van der Waals surface area contributed by atoms with Gasteiger partial charge in [-0.15, -0.1) is 0 Å². The first-order chi connectivity index (χ1) is 12.2. The van der Waals surface area contributed by atoms with Gasteiger partial charge in [-0.25, -0.2) is 0 Å². The Kier molecular flexibility index (Phi) is 5.89. The van der Waals surface area contributed by atoms with Gasteiger partial charge in [-0.2, -0.15) is 0 Å². The van der Waals surface area contributed by atoms with Crippen molar-refractivity contribution in [1.82, 2.24) is 15.2 Å². The molecule has 1 aromatic carbocycles. The van der Waals surface area contributed by atoms with Gasteiger partial charge in [0, 0.05) is 31.5 Å². The molecule has 2 heterocycles. The molecular formula is C20H27N3O2. The van der Waals surface area contributed by atoms with Gasteiger partial charge in [-0.1, -0.05) is 37.3 Å². The van der Waals surface area contributed by atoms with E-state index in [2.05, 4.69) is 46.4 Å². The quantitative estimate of drug-likeness (QED) is 0.849. The number of aromatic amines is 1. The Morgan fingerprint density at radius 3 is 2.84 bits per heavy atom. The van der Waals surface area contributed by atoms with Crippen molar-refractivity contribution in [3.8, 4) is 0 Å². The maximum absolute atomic E-state index is 12.5. The molecule has 1 aliphatic rings. The predicted molar refractivity (Wildman–Crippen MR) is 98.5 cm³/mol. The number of hydrogen-bond donors (Lipinski definition) is 2. The summed E-state index contributed by atoms with van der Waals surface area (Å²) in [4.78, 5) is 18.0. The second-order valence-electron chi connectivity index (χ2n) is 6.63. The first-order valence-corrected chi connectivity index (χ1v) is 9.00. The topological polar surface area (TPSA) is 57.4 Å². The Labute approximate surface area is 149 Å². The molecule has 5 nitrogen and oxygen atoms in total. The Morgan fingerprint density at radius 1 is 1.36 bits per heavy atom. The minimum absolute atomic E-state index is 0.0142. The third-order valence-electron chi connectivity index (χ3n) is 4.83. The van der Waals surface area contributed by atoms with E-state index in [9.17, 15) is 4.79 Å². The van der Waals surface area contributed by atoms with Crippen molar-refractivity contribution < 1.29 is 9.53 Å². The van der Waals surface area contributed by atoms with Crippen LogP contribution in [0.2, 0.25) is 0 Å². The summed E-state index contributed by atoms with van der Waals surface area (Å²) in [5.41, 5.74) is 2.90. The van der Waals surface area contributed by atoms with E-state index in [4.69, 9.17) is 4.74 Å². The lowest BCUT2D eigenvalue weighted by Gasteiger charge is -2.37. The average Bonchev–Trinajstić information content (AvgIpc) is 3.07. The summed E-state index contributed by atoms with van der Waals surface area (Å²) in [5.74, 6) is -0.0330. The van der Waals surface area contributed by atoms with Crippen molar-refractivity contribution in [2.75, 3.05) is 19.7 Å². The molecule has 0 spiro atoms. The van der Waals surface area contributed by atoms with Crippen LogP contribution in [0.1, 0.15) is 35.0 Å². The SMILES string of the molecule is CC[C@@H](NC(=O)c1cc[nH]c1C)[C@H]1CN(Cc2ccccc2)CCO1. The molecule has 0 aliphatic carbocycles. The van der Waals surface area contributed by atoms with E-state index in [0.29, 0.717) is 12.2 Å². The summed E-state index contributed by atoms with van der Waals surface area (Å²) >= 11 is 0. The molecular weight excluding hydrogens is 314 g/mol. The zero-order chi connectivity index (χ0) is 17.6. The van der Waals surface area contributed by atoms with Crippen LogP contribution in [0.25, 0.3) is 0 Å². The highest BCUT2D eigenvalue weighted by Crippen LogP contribution is 2.15. The Hall–Kier alpha value is -2.11. The molecule has 2 aromatic rings. The molecule has 0 unspecified atom stereocenters. The standard InChI is InChI=1S/C20H27N3O2/c1-3-18(22-20(24)17-9-10-21-15(17)2)19-14-23(11-12-25-19)13-16-7-5-4-6-8-16/h4-10,18-19,21H,3,11-14H2,1-2H3,(H,22,24)/t18-,19-/m1/s1. The Balaban J connectivity index is 1.60. The molecule has 2 N–H and O–H groups in total. The number of hydrogen-bond acceptors (Lipinski definition) is 3. The number of H-pyrrole nitrogens is 1. The third kappa shape index (κ3) is 4.50. The molecule has 1 fully saturated rings. The first-order valence-electron chi connectivity index (χ1n) is 9.00. The van der Waals surface area contributed by atoms with Crippen molar-refractivity contribution in [3.05, 3.63) is 59.4 Å². The molecule has 5 heteroatoms. The highest BCUT2D eigenvalue weighted by atomic mass is 16.5. The molecule has 0 saturated carbocycles. The minimum Gasteiger partial charge on any atom is -0.373 e. The number of carbonyl (C=O) groups is 1. The summed E-state index contributed by atoms with van der Waals surface area (Å²) < 4.78 is 5.98. The normalized spacial score (nSPS) is 19.5. The number of nitrogens with zero attached hydrogens (tertiary/aromatic N) is 1. The number of carbonyl (C=O) groups excluding carboxylic acids is 1. The summed E-state index contributed by atoms with van der Waals surface area (Å²) in [6.07, 6.45) is 2.66. The van der Waals surface area contributed by atoms with Crippen molar-refractivity contribution >= 4 is 5.91 Å². The molecule has 1 aliphatic heterocycles. The number of aromatic nitrogens is 1. The maximum Gasteiger partial charge on any atom is 0.253 e. The van der Waals surface area contributed by atoms with Crippen LogP contribution in [0.5, 0.6) is 0 Å². The van der Waals surface area contributed by atoms with E-state index in [1.54, 1.807) is 6.20 Å². The van der Waals surface area contributed by atoms with Gasteiger partial charge in [-0.3, -0.25) is 9.69 Å². The maximum atomic E-state index is 12.5. The van der Waals surface area contributed by atoms with Crippen LogP contribution >= 0.6 is 0 Å². The van der Waals surface area contributed by atoms with Gasteiger partial charge < -0.3 is 15.0 Å². The highest BCUT2D eigenvalue weighted by molar-refractivity contribution is 5.95. The molecule has 0 radical (unpaired) electrons. The minimum atomic E-state index is -0.0330. The van der Waals surface area contributed by atoms with Gasteiger partial charge in [0.25, 0.3) is 5.91 Å². The van der Waals surface area contributed by atoms with Gasteiger partial charge in [-0.05, 0) is 25.0 Å². The monoisotopic (exact) mass is 341 g/mol. The third-order valence-corrected chi connectivity index (χ3v) is 4.83. The molecule has 2 atom stereocenters. The molecule has 1 aromatic heterocycles. The fourth-order valence-corrected chi connectivity index (χ4v) is 3.36. The lowest BCUT2D eigenvalue weighted by molar-refractivity contribution is -0.0483. The zero-order valence-electron chi connectivity index (χ0n) is 15.0. The summed E-state index contributed by atoms with van der Waals surface area (Å²) in [6, 6.07) is 12.3. The molecule has 1 saturated heterocycles. The van der Waals surface area contributed by atoms with Crippen LogP contribution in [-0.4, -0.2) is 47.6 Å². The molecule has 1 amide bonds. The Bertz CT molecular complexity index is 683. The van der Waals surface area contributed by atoms with Crippen LogP contribution < -0.4 is 5.32 Å². The lowest BCUT2D eigenvalue weighted by atomic mass is 10.0. The first kappa shape index (κ1) is 17.7. The van der Waals surface area contributed by atoms with E-state index in [1.807, 2.05) is 19.1 Å². The predicted octanol–water partition coefficient (Wildman–Crippen LogP) is 2.73. The van der Waals surface area contributed by atoms with Gasteiger partial charge in [0.2, 0.25) is 0 Å². The lowest BCUT2D eigenvalue weighted by Crippen LogP contribution is -2.53. The van der Waals surface area contributed by atoms with Gasteiger partial charge in [0.1, 0.15) is 0 Å². The van der Waals surface area contributed by atoms with Gasteiger partial charge in [0.05, 0.1) is 24.3 Å². The number of amides is 1. The van der Waals surface area contributed by atoms with Crippen molar-refractivity contribution in [3.63, 3.8) is 0 Å². The number of ether oxygens (including phenoxy) is 1. The second kappa shape index (κ2) is 8.32. The van der Waals surface area contributed by atoms with Crippen molar-refractivity contribution in [2.24, 2.45) is 0 Å². The molecule has 25 heavy (non-hydrogen) atoms.